The standard InChI is InChI=1S/C15H16BrN3O/c1-19-9-12(16)7-14(15(19)20)18-13-3-2-11-8-17-5-4-10(11)6-13/h2-3,6-7,9,17-18H,4-5,8H2,1H3. The highest BCUT2D eigenvalue weighted by molar-refractivity contribution is 9.10. The van der Waals surface area contributed by atoms with Gasteiger partial charge in [0.15, 0.2) is 0 Å². The van der Waals surface area contributed by atoms with Gasteiger partial charge in [-0.2, -0.15) is 0 Å². The first kappa shape index (κ1) is 13.4. The number of nitrogens with zero attached hydrogens (tertiary/aromatic N) is 1. The molecule has 0 saturated carbocycles. The third kappa shape index (κ3) is 2.64. The summed E-state index contributed by atoms with van der Waals surface area (Å²) in [5, 5.41) is 6.57. The van der Waals surface area contributed by atoms with Gasteiger partial charge in [-0.1, -0.05) is 6.07 Å². The molecular formula is C15H16BrN3O. The number of benzene rings is 1. The second kappa shape index (κ2) is 5.42. The maximum Gasteiger partial charge on any atom is 0.274 e. The van der Waals surface area contributed by atoms with E-state index in [-0.39, 0.29) is 5.56 Å². The van der Waals surface area contributed by atoms with Crippen LogP contribution in [0, 0.1) is 0 Å². The maximum absolute atomic E-state index is 12.1. The molecule has 3 rings (SSSR count). The Morgan fingerprint density at radius 2 is 2.15 bits per heavy atom. The van der Waals surface area contributed by atoms with Crippen LogP contribution < -0.4 is 16.2 Å². The van der Waals surface area contributed by atoms with E-state index in [0.717, 1.165) is 29.7 Å². The van der Waals surface area contributed by atoms with Crippen molar-refractivity contribution in [2.24, 2.45) is 7.05 Å². The van der Waals surface area contributed by atoms with Gasteiger partial charge in [-0.3, -0.25) is 4.79 Å². The number of rotatable bonds is 2. The molecule has 0 unspecified atom stereocenters. The van der Waals surface area contributed by atoms with Crippen LogP contribution in [0.3, 0.4) is 0 Å². The fourth-order valence-corrected chi connectivity index (χ4v) is 3.01. The fraction of sp³-hybridized carbons (Fsp3) is 0.267. The number of anilines is 2. The van der Waals surface area contributed by atoms with Crippen LogP contribution >= 0.6 is 15.9 Å². The second-order valence-electron chi connectivity index (χ2n) is 5.02. The summed E-state index contributed by atoms with van der Waals surface area (Å²) < 4.78 is 2.44. The Morgan fingerprint density at radius 3 is 3.00 bits per heavy atom. The molecule has 0 fully saturated rings. The molecule has 0 amide bonds. The predicted octanol–water partition coefficient (Wildman–Crippen LogP) is 2.54. The largest absolute Gasteiger partial charge is 0.351 e. The molecule has 1 aromatic heterocycles. The first-order valence-electron chi connectivity index (χ1n) is 6.59. The molecule has 20 heavy (non-hydrogen) atoms. The van der Waals surface area contributed by atoms with Crippen LogP contribution in [-0.4, -0.2) is 11.1 Å². The number of aryl methyl sites for hydroxylation is 1. The van der Waals surface area contributed by atoms with E-state index in [0.29, 0.717) is 5.69 Å². The highest BCUT2D eigenvalue weighted by Crippen LogP contribution is 2.22. The van der Waals surface area contributed by atoms with Crippen LogP contribution in [0.5, 0.6) is 0 Å². The van der Waals surface area contributed by atoms with E-state index in [1.807, 2.05) is 12.1 Å². The first-order valence-corrected chi connectivity index (χ1v) is 7.38. The van der Waals surface area contributed by atoms with Crippen molar-refractivity contribution in [2.75, 3.05) is 11.9 Å². The number of hydrogen-bond donors (Lipinski definition) is 2. The lowest BCUT2D eigenvalue weighted by atomic mass is 10.0. The highest BCUT2D eigenvalue weighted by Gasteiger charge is 2.10. The molecule has 0 aliphatic carbocycles. The molecule has 1 aromatic carbocycles. The highest BCUT2D eigenvalue weighted by atomic mass is 79.9. The van der Waals surface area contributed by atoms with E-state index in [9.17, 15) is 4.79 Å². The first-order chi connectivity index (χ1) is 9.63. The average molecular weight is 334 g/mol. The van der Waals surface area contributed by atoms with Crippen LogP contribution in [0.2, 0.25) is 0 Å². The molecule has 0 spiro atoms. The molecule has 4 nitrogen and oxygen atoms in total. The van der Waals surface area contributed by atoms with Gasteiger partial charge in [0, 0.05) is 29.9 Å². The zero-order valence-corrected chi connectivity index (χ0v) is 12.8. The van der Waals surface area contributed by atoms with Gasteiger partial charge in [-0.15, -0.1) is 0 Å². The minimum Gasteiger partial charge on any atom is -0.351 e. The quantitative estimate of drug-likeness (QED) is 0.887. The Bertz CT molecular complexity index is 709. The summed E-state index contributed by atoms with van der Waals surface area (Å²) in [6.07, 6.45) is 2.79. The molecule has 104 valence electrons. The van der Waals surface area contributed by atoms with Gasteiger partial charge in [0.05, 0.1) is 0 Å². The number of hydrogen-bond acceptors (Lipinski definition) is 3. The Morgan fingerprint density at radius 1 is 1.30 bits per heavy atom. The third-order valence-electron chi connectivity index (χ3n) is 3.52. The molecule has 0 bridgehead atoms. The molecule has 1 aliphatic rings. The summed E-state index contributed by atoms with van der Waals surface area (Å²) in [6, 6.07) is 8.08. The lowest BCUT2D eigenvalue weighted by Crippen LogP contribution is -2.23. The molecule has 0 atom stereocenters. The maximum atomic E-state index is 12.1. The summed E-state index contributed by atoms with van der Waals surface area (Å²) in [6.45, 7) is 1.93. The van der Waals surface area contributed by atoms with E-state index >= 15 is 0 Å². The molecule has 2 aromatic rings. The summed E-state index contributed by atoms with van der Waals surface area (Å²) >= 11 is 3.41. The fourth-order valence-electron chi connectivity index (χ4n) is 2.47. The Kier molecular flexibility index (Phi) is 3.63. The van der Waals surface area contributed by atoms with Crippen molar-refractivity contribution in [3.8, 4) is 0 Å². The minimum atomic E-state index is -0.0346. The van der Waals surface area contributed by atoms with Crippen molar-refractivity contribution in [1.82, 2.24) is 9.88 Å². The van der Waals surface area contributed by atoms with Crippen molar-refractivity contribution in [3.63, 3.8) is 0 Å². The Hall–Kier alpha value is -1.59. The third-order valence-corrected chi connectivity index (χ3v) is 3.96. The van der Waals surface area contributed by atoms with Gasteiger partial charge in [0.1, 0.15) is 5.69 Å². The Balaban J connectivity index is 1.94. The van der Waals surface area contributed by atoms with Crippen molar-refractivity contribution in [2.45, 2.75) is 13.0 Å². The lowest BCUT2D eigenvalue weighted by molar-refractivity contribution is 0.644. The van der Waals surface area contributed by atoms with Gasteiger partial charge in [-0.05, 0) is 58.2 Å². The number of nitrogens with one attached hydrogen (secondary N) is 2. The van der Waals surface area contributed by atoms with E-state index in [2.05, 4.69) is 38.7 Å². The van der Waals surface area contributed by atoms with Crippen LogP contribution in [0.4, 0.5) is 11.4 Å². The number of aromatic nitrogens is 1. The molecule has 0 saturated heterocycles. The molecule has 1 aliphatic heterocycles. The molecule has 5 heteroatoms. The number of pyridine rings is 1. The molecule has 2 N–H and O–H groups in total. The average Bonchev–Trinajstić information content (AvgIpc) is 2.44. The topological polar surface area (TPSA) is 46.1 Å². The number of fused-ring (bicyclic) bond motifs is 1. The smallest absolute Gasteiger partial charge is 0.274 e. The van der Waals surface area contributed by atoms with Crippen molar-refractivity contribution >= 4 is 27.3 Å². The minimum absolute atomic E-state index is 0.0346. The lowest BCUT2D eigenvalue weighted by Gasteiger charge is -2.18. The van der Waals surface area contributed by atoms with Crippen LogP contribution in [-0.2, 0) is 20.0 Å². The predicted molar refractivity (Wildman–Crippen MR) is 84.5 cm³/mol. The SMILES string of the molecule is Cn1cc(Br)cc(Nc2ccc3c(c2)CCNC3)c1=O. The van der Waals surface area contributed by atoms with Crippen LogP contribution in [0.15, 0.2) is 39.7 Å². The zero-order chi connectivity index (χ0) is 14.1. The van der Waals surface area contributed by atoms with E-state index in [1.165, 1.54) is 11.1 Å². The Labute approximate surface area is 126 Å². The van der Waals surface area contributed by atoms with Crippen molar-refractivity contribution in [1.29, 1.82) is 0 Å². The van der Waals surface area contributed by atoms with E-state index in [1.54, 1.807) is 17.8 Å². The molecular weight excluding hydrogens is 318 g/mol. The van der Waals surface area contributed by atoms with Gasteiger partial charge in [0.25, 0.3) is 5.56 Å². The van der Waals surface area contributed by atoms with Crippen molar-refractivity contribution in [3.05, 3.63) is 56.4 Å². The van der Waals surface area contributed by atoms with Crippen LogP contribution in [0.25, 0.3) is 0 Å². The summed E-state index contributed by atoms with van der Waals surface area (Å²) in [4.78, 5) is 12.1. The summed E-state index contributed by atoms with van der Waals surface area (Å²) in [5.41, 5.74) is 4.19. The zero-order valence-electron chi connectivity index (χ0n) is 11.2. The van der Waals surface area contributed by atoms with E-state index in [4.69, 9.17) is 0 Å². The number of halogens is 1. The molecule has 0 radical (unpaired) electrons. The summed E-state index contributed by atoms with van der Waals surface area (Å²) in [7, 11) is 1.75. The van der Waals surface area contributed by atoms with Gasteiger partial charge < -0.3 is 15.2 Å². The van der Waals surface area contributed by atoms with Gasteiger partial charge in [-0.25, -0.2) is 0 Å². The molecule has 2 heterocycles. The van der Waals surface area contributed by atoms with Crippen molar-refractivity contribution < 1.29 is 0 Å². The van der Waals surface area contributed by atoms with Gasteiger partial charge >= 0.3 is 0 Å². The normalized spacial score (nSPS) is 13.9. The van der Waals surface area contributed by atoms with Crippen LogP contribution in [0.1, 0.15) is 11.1 Å². The van der Waals surface area contributed by atoms with E-state index < -0.39 is 0 Å². The summed E-state index contributed by atoms with van der Waals surface area (Å²) in [5.74, 6) is 0. The monoisotopic (exact) mass is 333 g/mol. The van der Waals surface area contributed by atoms with Gasteiger partial charge in [0.2, 0.25) is 0 Å². The second-order valence-corrected chi connectivity index (χ2v) is 5.94.